The van der Waals surface area contributed by atoms with E-state index in [1.54, 1.807) is 5.01 Å². The van der Waals surface area contributed by atoms with E-state index in [4.69, 9.17) is 9.47 Å². The molecule has 2 aromatic rings. The molecule has 0 saturated carbocycles. The summed E-state index contributed by atoms with van der Waals surface area (Å²) < 4.78 is 11.0. The summed E-state index contributed by atoms with van der Waals surface area (Å²) >= 11 is 0. The number of nitrogens with zero attached hydrogens (tertiary/aromatic N) is 2. The zero-order valence-electron chi connectivity index (χ0n) is 19.9. The number of carbonyl (C=O) groups excluding carboxylic acids is 2. The van der Waals surface area contributed by atoms with Gasteiger partial charge >= 0.3 is 5.97 Å². The molecule has 1 fully saturated rings. The lowest BCUT2D eigenvalue weighted by molar-refractivity contribution is -0.156. The van der Waals surface area contributed by atoms with Crippen molar-refractivity contribution in [3.05, 3.63) is 54.6 Å². The first kappa shape index (κ1) is 23.8. The van der Waals surface area contributed by atoms with Crippen molar-refractivity contribution < 1.29 is 19.1 Å². The number of hydrogen-bond acceptors (Lipinski definition) is 7. The van der Waals surface area contributed by atoms with E-state index in [1.807, 2.05) is 75.4 Å². The number of amides is 1. The Kier molecular flexibility index (Phi) is 7.17. The maximum Gasteiger partial charge on any atom is 0.331 e. The minimum Gasteiger partial charge on any atom is -0.458 e. The van der Waals surface area contributed by atoms with Crippen LogP contribution < -0.4 is 15.6 Å². The Bertz CT molecular complexity index is 1030. The number of nitrogens with one attached hydrogen (secondary N) is 2. The number of hydrazone groups is 1. The zero-order valence-corrected chi connectivity index (χ0v) is 19.9. The van der Waals surface area contributed by atoms with Crippen molar-refractivity contribution in [3.63, 3.8) is 0 Å². The molecule has 0 aliphatic carbocycles. The van der Waals surface area contributed by atoms with Gasteiger partial charge in [0.25, 0.3) is 5.91 Å². The summed E-state index contributed by atoms with van der Waals surface area (Å²) in [5.74, 6) is -0.747. The van der Waals surface area contributed by atoms with Crippen molar-refractivity contribution in [2.75, 3.05) is 28.9 Å². The SMILES string of the molecule is CC(C)(C)OC(=O)[C@H]1CC(C(=O)Nc2ccc(NC3CCOCC3)cc2)=NN1c1ccccc1. The minimum absolute atomic E-state index is 0.166. The molecule has 180 valence electrons. The topological polar surface area (TPSA) is 92.3 Å². The van der Waals surface area contributed by atoms with Crippen molar-refractivity contribution in [2.45, 2.75) is 57.7 Å². The van der Waals surface area contributed by atoms with Gasteiger partial charge in [-0.1, -0.05) is 18.2 Å². The molecular formula is C26H32N4O4. The third kappa shape index (κ3) is 6.14. The molecule has 0 spiro atoms. The van der Waals surface area contributed by atoms with Gasteiger partial charge in [0, 0.05) is 37.1 Å². The van der Waals surface area contributed by atoms with Gasteiger partial charge in [-0.15, -0.1) is 0 Å². The molecule has 2 heterocycles. The summed E-state index contributed by atoms with van der Waals surface area (Å²) in [5.41, 5.74) is 2.04. The Labute approximate surface area is 200 Å². The van der Waals surface area contributed by atoms with Crippen molar-refractivity contribution in [2.24, 2.45) is 5.10 Å². The van der Waals surface area contributed by atoms with Crippen LogP contribution in [0.2, 0.25) is 0 Å². The maximum atomic E-state index is 13.0. The number of anilines is 3. The van der Waals surface area contributed by atoms with Crippen molar-refractivity contribution in [1.29, 1.82) is 0 Å². The first-order chi connectivity index (χ1) is 16.3. The quantitative estimate of drug-likeness (QED) is 0.623. The van der Waals surface area contributed by atoms with Gasteiger partial charge in [-0.25, -0.2) is 4.79 Å². The predicted octanol–water partition coefficient (Wildman–Crippen LogP) is 4.19. The van der Waals surface area contributed by atoms with E-state index < -0.39 is 17.6 Å². The zero-order chi connectivity index (χ0) is 24.1. The molecule has 2 aromatic carbocycles. The molecule has 2 aliphatic heterocycles. The second-order valence-corrected chi connectivity index (χ2v) is 9.54. The Hall–Kier alpha value is -3.39. The average molecular weight is 465 g/mol. The van der Waals surface area contributed by atoms with Crippen LogP contribution in [-0.2, 0) is 19.1 Å². The molecule has 1 saturated heterocycles. The minimum atomic E-state index is -0.701. The number of ether oxygens (including phenoxy) is 2. The van der Waals surface area contributed by atoms with E-state index in [1.165, 1.54) is 0 Å². The van der Waals surface area contributed by atoms with Gasteiger partial charge in [0.2, 0.25) is 0 Å². The molecule has 1 amide bonds. The number of para-hydroxylation sites is 1. The summed E-state index contributed by atoms with van der Waals surface area (Å²) in [6.45, 7) is 7.02. The maximum absolute atomic E-state index is 13.0. The second-order valence-electron chi connectivity index (χ2n) is 9.54. The van der Waals surface area contributed by atoms with Gasteiger partial charge < -0.3 is 20.1 Å². The summed E-state index contributed by atoms with van der Waals surface area (Å²) in [5, 5.41) is 12.5. The van der Waals surface area contributed by atoms with E-state index in [-0.39, 0.29) is 18.0 Å². The Morgan fingerprint density at radius 1 is 1.00 bits per heavy atom. The third-order valence-electron chi connectivity index (χ3n) is 5.61. The van der Waals surface area contributed by atoms with Crippen LogP contribution in [0.15, 0.2) is 59.7 Å². The van der Waals surface area contributed by atoms with E-state index in [0.717, 1.165) is 37.4 Å². The molecule has 8 nitrogen and oxygen atoms in total. The first-order valence-corrected chi connectivity index (χ1v) is 11.7. The lowest BCUT2D eigenvalue weighted by atomic mass is 10.1. The number of benzene rings is 2. The van der Waals surface area contributed by atoms with Gasteiger partial charge in [0.15, 0.2) is 6.04 Å². The highest BCUT2D eigenvalue weighted by Crippen LogP contribution is 2.27. The monoisotopic (exact) mass is 464 g/mol. The smallest absolute Gasteiger partial charge is 0.331 e. The Morgan fingerprint density at radius 3 is 2.29 bits per heavy atom. The fraction of sp³-hybridized carbons (Fsp3) is 0.423. The Morgan fingerprint density at radius 2 is 1.65 bits per heavy atom. The van der Waals surface area contributed by atoms with E-state index in [0.29, 0.717) is 11.7 Å². The number of rotatable bonds is 6. The van der Waals surface area contributed by atoms with Gasteiger partial charge in [-0.3, -0.25) is 9.80 Å². The molecule has 1 atom stereocenters. The molecule has 34 heavy (non-hydrogen) atoms. The van der Waals surface area contributed by atoms with Gasteiger partial charge in [0.1, 0.15) is 11.3 Å². The van der Waals surface area contributed by atoms with E-state index >= 15 is 0 Å². The normalized spacial score (nSPS) is 18.9. The predicted molar refractivity (Wildman–Crippen MR) is 133 cm³/mol. The molecule has 2 N–H and O–H groups in total. The molecule has 0 unspecified atom stereocenters. The molecular weight excluding hydrogens is 432 g/mol. The standard InChI is InChI=1S/C26H32N4O4/c1-26(2,3)34-25(32)23-17-22(29-30(23)21-7-5-4-6-8-21)24(31)28-19-11-9-18(10-12-19)27-20-13-15-33-16-14-20/h4-12,20,23,27H,13-17H2,1-3H3,(H,28,31)/t23-/m1/s1. The molecule has 2 aliphatic rings. The summed E-state index contributed by atoms with van der Waals surface area (Å²) in [6.07, 6.45) is 2.13. The number of carbonyl (C=O) groups is 2. The fourth-order valence-electron chi connectivity index (χ4n) is 3.95. The van der Waals surface area contributed by atoms with Crippen LogP contribution in [0.3, 0.4) is 0 Å². The van der Waals surface area contributed by atoms with Crippen LogP contribution >= 0.6 is 0 Å². The van der Waals surface area contributed by atoms with E-state index in [2.05, 4.69) is 15.7 Å². The molecule has 0 radical (unpaired) electrons. The van der Waals surface area contributed by atoms with Crippen molar-refractivity contribution in [3.8, 4) is 0 Å². The molecule has 8 heteroatoms. The van der Waals surface area contributed by atoms with Crippen LogP contribution in [0.5, 0.6) is 0 Å². The molecule has 4 rings (SSSR count). The van der Waals surface area contributed by atoms with Crippen LogP contribution in [0.25, 0.3) is 0 Å². The lowest BCUT2D eigenvalue weighted by Gasteiger charge is -2.26. The van der Waals surface area contributed by atoms with E-state index in [9.17, 15) is 9.59 Å². The largest absolute Gasteiger partial charge is 0.458 e. The van der Waals surface area contributed by atoms with Crippen LogP contribution in [0.4, 0.5) is 17.1 Å². The van der Waals surface area contributed by atoms with Gasteiger partial charge in [-0.2, -0.15) is 5.10 Å². The highest BCUT2D eigenvalue weighted by molar-refractivity contribution is 6.44. The summed E-state index contributed by atoms with van der Waals surface area (Å²) in [6, 6.07) is 16.6. The fourth-order valence-corrected chi connectivity index (χ4v) is 3.95. The van der Waals surface area contributed by atoms with Crippen molar-refractivity contribution >= 4 is 34.7 Å². The first-order valence-electron chi connectivity index (χ1n) is 11.7. The number of hydrogen-bond donors (Lipinski definition) is 2. The highest BCUT2D eigenvalue weighted by Gasteiger charge is 2.38. The lowest BCUT2D eigenvalue weighted by Crippen LogP contribution is -2.40. The Balaban J connectivity index is 1.44. The molecule has 0 aromatic heterocycles. The molecule has 0 bridgehead atoms. The highest BCUT2D eigenvalue weighted by atomic mass is 16.6. The van der Waals surface area contributed by atoms with Gasteiger partial charge in [-0.05, 0) is 70.0 Å². The summed E-state index contributed by atoms with van der Waals surface area (Å²) in [4.78, 5) is 25.9. The third-order valence-corrected chi connectivity index (χ3v) is 5.61. The second kappa shape index (κ2) is 10.3. The summed E-state index contributed by atoms with van der Waals surface area (Å²) in [7, 11) is 0. The number of esters is 1. The van der Waals surface area contributed by atoms with Crippen molar-refractivity contribution in [1.82, 2.24) is 0 Å². The van der Waals surface area contributed by atoms with Crippen LogP contribution in [-0.4, -0.2) is 48.5 Å². The van der Waals surface area contributed by atoms with Crippen LogP contribution in [0, 0.1) is 0 Å². The van der Waals surface area contributed by atoms with Crippen LogP contribution in [0.1, 0.15) is 40.0 Å². The average Bonchev–Trinajstić information content (AvgIpc) is 3.27. The van der Waals surface area contributed by atoms with Gasteiger partial charge in [0.05, 0.1) is 5.69 Å².